The highest BCUT2D eigenvalue weighted by molar-refractivity contribution is 5.88. The average Bonchev–Trinajstić information content (AvgIpc) is 2.03. The molecule has 0 bridgehead atoms. The number of halogens is 2. The molecule has 68 valence electrons. The molecule has 1 aromatic rings. The summed E-state index contributed by atoms with van der Waals surface area (Å²) < 4.78 is 23.5. The summed E-state index contributed by atoms with van der Waals surface area (Å²) in [6.45, 7) is 0. The highest BCUT2D eigenvalue weighted by Crippen LogP contribution is 2.11. The van der Waals surface area contributed by atoms with Gasteiger partial charge < -0.3 is 5.11 Å². The van der Waals surface area contributed by atoms with E-state index in [0.29, 0.717) is 6.08 Å². The zero-order valence-electron chi connectivity index (χ0n) is 6.50. The second-order valence-electron chi connectivity index (χ2n) is 2.36. The number of hydrogen-bond acceptors (Lipinski definition) is 1. The lowest BCUT2D eigenvalue weighted by atomic mass is 10.1. The summed E-state index contributed by atoms with van der Waals surface area (Å²) in [6, 6.07) is 5.35. The molecule has 0 saturated heterocycles. The van der Waals surface area contributed by atoms with Crippen molar-refractivity contribution in [3.63, 3.8) is 0 Å². The van der Waals surface area contributed by atoms with Gasteiger partial charge in [-0.15, -0.1) is 0 Å². The normalized spacial score (nSPS) is 9.38. The van der Waals surface area contributed by atoms with Gasteiger partial charge in [0.05, 0.1) is 5.56 Å². The zero-order valence-corrected chi connectivity index (χ0v) is 6.50. The highest BCUT2D eigenvalue weighted by Gasteiger charge is 2.02. The van der Waals surface area contributed by atoms with Gasteiger partial charge in [-0.1, -0.05) is 12.1 Å². The lowest BCUT2D eigenvalue weighted by Crippen LogP contribution is -1.95. The molecule has 1 N–H and O–H groups in total. The molecule has 0 heterocycles. The van der Waals surface area contributed by atoms with Gasteiger partial charge in [-0.2, -0.15) is 8.78 Å². The van der Waals surface area contributed by atoms with E-state index in [2.05, 4.69) is 0 Å². The summed E-state index contributed by atoms with van der Waals surface area (Å²) in [5.41, 5.74) is 0.176. The van der Waals surface area contributed by atoms with E-state index in [9.17, 15) is 13.6 Å². The van der Waals surface area contributed by atoms with Gasteiger partial charge in [0.25, 0.3) is 6.08 Å². The lowest BCUT2D eigenvalue weighted by Gasteiger charge is -1.95. The highest BCUT2D eigenvalue weighted by atomic mass is 19.3. The number of aromatic carboxylic acids is 1. The molecular weight excluding hydrogens is 178 g/mol. The molecule has 0 aliphatic carbocycles. The van der Waals surface area contributed by atoms with Crippen LogP contribution in [-0.4, -0.2) is 11.1 Å². The molecule has 0 unspecified atom stereocenters. The standard InChI is InChI=1S/C9H6F2O2/c10-8(11)5-6-2-1-3-7(4-6)9(12)13/h1-5H,(H,12,13). The minimum atomic E-state index is -1.84. The fourth-order valence-electron chi connectivity index (χ4n) is 0.887. The number of rotatable bonds is 2. The van der Waals surface area contributed by atoms with Crippen molar-refractivity contribution < 1.29 is 18.7 Å². The number of carboxylic acid groups (broad SMARTS) is 1. The number of benzene rings is 1. The first-order chi connectivity index (χ1) is 6.09. The van der Waals surface area contributed by atoms with Gasteiger partial charge in [0.15, 0.2) is 0 Å². The van der Waals surface area contributed by atoms with E-state index >= 15 is 0 Å². The van der Waals surface area contributed by atoms with Crippen LogP contribution < -0.4 is 0 Å². The Morgan fingerprint density at radius 3 is 2.62 bits per heavy atom. The molecule has 4 heteroatoms. The molecule has 0 amide bonds. The molecular formula is C9H6F2O2. The third-order valence-electron chi connectivity index (χ3n) is 1.41. The third-order valence-corrected chi connectivity index (χ3v) is 1.41. The Balaban J connectivity index is 3.06. The van der Waals surface area contributed by atoms with Gasteiger partial charge in [-0.05, 0) is 17.7 Å². The van der Waals surface area contributed by atoms with Crippen molar-refractivity contribution >= 4 is 12.0 Å². The maximum Gasteiger partial charge on any atom is 0.335 e. The predicted octanol–water partition coefficient (Wildman–Crippen LogP) is 2.62. The third kappa shape index (κ3) is 2.66. The summed E-state index contributed by atoms with van der Waals surface area (Å²) in [5.74, 6) is -1.13. The molecule has 0 atom stereocenters. The topological polar surface area (TPSA) is 37.3 Å². The van der Waals surface area contributed by atoms with E-state index in [1.165, 1.54) is 24.3 Å². The molecule has 0 spiro atoms. The van der Waals surface area contributed by atoms with E-state index in [-0.39, 0.29) is 11.1 Å². The van der Waals surface area contributed by atoms with Crippen molar-refractivity contribution in [2.45, 2.75) is 0 Å². The molecule has 0 saturated carbocycles. The Morgan fingerprint density at radius 2 is 2.08 bits per heavy atom. The van der Waals surface area contributed by atoms with Crippen LogP contribution in [0, 0.1) is 0 Å². The van der Waals surface area contributed by atoms with Crippen molar-refractivity contribution in [1.29, 1.82) is 0 Å². The van der Waals surface area contributed by atoms with Gasteiger partial charge in [-0.25, -0.2) is 4.79 Å². The summed E-state index contributed by atoms with van der Waals surface area (Å²) in [7, 11) is 0. The van der Waals surface area contributed by atoms with E-state index in [0.717, 1.165) is 0 Å². The van der Waals surface area contributed by atoms with Crippen LogP contribution in [-0.2, 0) is 0 Å². The van der Waals surface area contributed by atoms with Gasteiger partial charge in [0, 0.05) is 6.08 Å². The largest absolute Gasteiger partial charge is 0.478 e. The van der Waals surface area contributed by atoms with Crippen LogP contribution in [0.25, 0.3) is 6.08 Å². The summed E-state index contributed by atoms with van der Waals surface area (Å²) in [4.78, 5) is 10.4. The van der Waals surface area contributed by atoms with E-state index < -0.39 is 12.0 Å². The van der Waals surface area contributed by atoms with Crippen molar-refractivity contribution in [1.82, 2.24) is 0 Å². The Bertz CT molecular complexity index is 354. The SMILES string of the molecule is O=C(O)c1cccc(C=C(F)F)c1. The number of carboxylic acids is 1. The predicted molar refractivity (Wildman–Crippen MR) is 43.6 cm³/mol. The number of hydrogen-bond donors (Lipinski definition) is 1. The van der Waals surface area contributed by atoms with Crippen LogP contribution in [0.5, 0.6) is 0 Å². The van der Waals surface area contributed by atoms with Crippen molar-refractivity contribution in [3.05, 3.63) is 41.5 Å². The van der Waals surface area contributed by atoms with Crippen LogP contribution in [0.4, 0.5) is 8.78 Å². The monoisotopic (exact) mass is 184 g/mol. The second kappa shape index (κ2) is 3.80. The fourth-order valence-corrected chi connectivity index (χ4v) is 0.887. The average molecular weight is 184 g/mol. The van der Waals surface area contributed by atoms with E-state index in [1.54, 1.807) is 0 Å². The molecule has 0 fully saturated rings. The summed E-state index contributed by atoms with van der Waals surface area (Å²) in [5, 5.41) is 8.54. The lowest BCUT2D eigenvalue weighted by molar-refractivity contribution is 0.0697. The van der Waals surface area contributed by atoms with E-state index in [1.807, 2.05) is 0 Å². The Morgan fingerprint density at radius 1 is 1.38 bits per heavy atom. The van der Waals surface area contributed by atoms with E-state index in [4.69, 9.17) is 5.11 Å². The van der Waals surface area contributed by atoms with Crippen molar-refractivity contribution in [2.24, 2.45) is 0 Å². The van der Waals surface area contributed by atoms with Crippen molar-refractivity contribution in [2.75, 3.05) is 0 Å². The quantitative estimate of drug-likeness (QED) is 0.767. The first kappa shape index (κ1) is 9.38. The van der Waals surface area contributed by atoms with Crippen LogP contribution in [0.2, 0.25) is 0 Å². The molecule has 13 heavy (non-hydrogen) atoms. The van der Waals surface area contributed by atoms with Gasteiger partial charge in [0.1, 0.15) is 0 Å². The number of carbonyl (C=O) groups is 1. The Kier molecular flexibility index (Phi) is 2.74. The molecule has 0 aromatic heterocycles. The first-order valence-electron chi connectivity index (χ1n) is 3.45. The molecule has 0 aliphatic rings. The summed E-state index contributed by atoms with van der Waals surface area (Å²) in [6.07, 6.45) is -1.23. The first-order valence-corrected chi connectivity index (χ1v) is 3.45. The molecule has 1 rings (SSSR count). The maximum absolute atomic E-state index is 11.8. The smallest absolute Gasteiger partial charge is 0.335 e. The Labute approximate surface area is 73.1 Å². The molecule has 2 nitrogen and oxygen atoms in total. The van der Waals surface area contributed by atoms with Gasteiger partial charge >= 0.3 is 5.97 Å². The zero-order chi connectivity index (χ0) is 9.84. The Hall–Kier alpha value is -1.71. The van der Waals surface area contributed by atoms with Crippen LogP contribution in [0.3, 0.4) is 0 Å². The molecule has 0 aliphatic heterocycles. The second-order valence-corrected chi connectivity index (χ2v) is 2.36. The molecule has 1 aromatic carbocycles. The molecule has 0 radical (unpaired) electrons. The van der Waals surface area contributed by atoms with Crippen LogP contribution in [0.15, 0.2) is 30.3 Å². The van der Waals surface area contributed by atoms with Crippen LogP contribution >= 0.6 is 0 Å². The van der Waals surface area contributed by atoms with Gasteiger partial charge in [0.2, 0.25) is 0 Å². The van der Waals surface area contributed by atoms with Crippen molar-refractivity contribution in [3.8, 4) is 0 Å². The summed E-state index contributed by atoms with van der Waals surface area (Å²) >= 11 is 0. The van der Waals surface area contributed by atoms with Gasteiger partial charge in [-0.3, -0.25) is 0 Å². The minimum Gasteiger partial charge on any atom is -0.478 e. The van der Waals surface area contributed by atoms with Crippen LogP contribution in [0.1, 0.15) is 15.9 Å². The minimum absolute atomic E-state index is 0.00463. The fraction of sp³-hybridized carbons (Fsp3) is 0. The maximum atomic E-state index is 11.8.